The van der Waals surface area contributed by atoms with Crippen LogP contribution in [-0.4, -0.2) is 36.0 Å². The van der Waals surface area contributed by atoms with Gasteiger partial charge in [0.2, 0.25) is 5.28 Å². The molecule has 0 aliphatic rings. The summed E-state index contributed by atoms with van der Waals surface area (Å²) in [4.78, 5) is 14.0. The predicted molar refractivity (Wildman–Crippen MR) is 143 cm³/mol. The SMILES string of the molecule is C.Cc1ccc(CO)cc1.Cc1ccc(COc2ncc(F)c(N)n2)cc1.Nc1nc(Cl)ncc1F.O.[Cl-].[K+].[K+].[OH-]. The number of aliphatic hydroxyl groups is 1. The normalized spacial score (nSPS) is 8.44. The van der Waals surface area contributed by atoms with Crippen molar-refractivity contribution in [3.8, 4) is 6.01 Å². The van der Waals surface area contributed by atoms with Crippen molar-refractivity contribution in [3.05, 3.63) is 100 Å². The van der Waals surface area contributed by atoms with Crippen molar-refractivity contribution in [2.45, 2.75) is 34.5 Å². The van der Waals surface area contributed by atoms with E-state index in [-0.39, 0.29) is 163 Å². The van der Waals surface area contributed by atoms with Crippen LogP contribution in [0.5, 0.6) is 6.01 Å². The fraction of sp³-hybridized carbons (Fsp3) is 0.200. The number of halogens is 4. The van der Waals surface area contributed by atoms with Crippen LogP contribution in [0.1, 0.15) is 29.7 Å². The van der Waals surface area contributed by atoms with E-state index in [1.165, 1.54) is 11.1 Å². The Kier molecular flexibility index (Phi) is 33.3. The summed E-state index contributed by atoms with van der Waals surface area (Å²) in [7, 11) is 0. The molecule has 2 aromatic heterocycles. The van der Waals surface area contributed by atoms with Crippen LogP contribution in [0.3, 0.4) is 0 Å². The fourth-order valence-electron chi connectivity index (χ4n) is 2.32. The first-order valence-electron chi connectivity index (χ1n) is 10.2. The van der Waals surface area contributed by atoms with Gasteiger partial charge in [0.25, 0.3) is 0 Å². The van der Waals surface area contributed by atoms with Crippen molar-refractivity contribution in [2.75, 3.05) is 11.5 Å². The molecule has 16 heteroatoms. The summed E-state index contributed by atoms with van der Waals surface area (Å²) in [6, 6.07) is 15.8. The molecular weight excluding hydrogens is 635 g/mol. The van der Waals surface area contributed by atoms with Crippen LogP contribution >= 0.6 is 11.6 Å². The monoisotopic (exact) mass is 666 g/mol. The molecule has 0 atom stereocenters. The Morgan fingerprint density at radius 2 is 1.22 bits per heavy atom. The van der Waals surface area contributed by atoms with Gasteiger partial charge in [0, 0.05) is 0 Å². The molecule has 0 radical (unpaired) electrons. The van der Waals surface area contributed by atoms with Gasteiger partial charge in [-0.25, -0.2) is 18.7 Å². The molecule has 0 fully saturated rings. The molecule has 0 aliphatic carbocycles. The van der Waals surface area contributed by atoms with Gasteiger partial charge in [0.15, 0.2) is 23.3 Å². The predicted octanol–water partition coefficient (Wildman–Crippen LogP) is -4.93. The summed E-state index contributed by atoms with van der Waals surface area (Å²) in [6.45, 7) is 4.50. The Morgan fingerprint density at radius 1 is 0.805 bits per heavy atom. The molecule has 0 spiro atoms. The van der Waals surface area contributed by atoms with Crippen molar-refractivity contribution in [3.63, 3.8) is 0 Å². The first-order chi connectivity index (χ1) is 16.7. The van der Waals surface area contributed by atoms with Crippen LogP contribution in [0.2, 0.25) is 5.28 Å². The van der Waals surface area contributed by atoms with Crippen LogP contribution < -0.4 is 131 Å². The average Bonchev–Trinajstić information content (AvgIpc) is 2.85. The van der Waals surface area contributed by atoms with Gasteiger partial charge in [0.1, 0.15) is 6.61 Å². The largest absolute Gasteiger partial charge is 1.00 e. The van der Waals surface area contributed by atoms with E-state index in [0.717, 1.165) is 23.5 Å². The van der Waals surface area contributed by atoms with E-state index in [4.69, 9.17) is 32.9 Å². The number of hydrogen-bond acceptors (Lipinski definition) is 9. The summed E-state index contributed by atoms with van der Waals surface area (Å²) in [5.41, 5.74) is 14.7. The number of anilines is 2. The van der Waals surface area contributed by atoms with Crippen LogP contribution in [0.25, 0.3) is 0 Å². The van der Waals surface area contributed by atoms with E-state index in [9.17, 15) is 8.78 Å². The van der Waals surface area contributed by atoms with Crippen LogP contribution in [0.4, 0.5) is 20.4 Å². The Labute approximate surface area is 335 Å². The van der Waals surface area contributed by atoms with Gasteiger partial charge in [-0.15, -0.1) is 0 Å². The number of nitrogen functional groups attached to an aromatic ring is 2. The number of rotatable bonds is 4. The molecule has 2 heterocycles. The number of aryl methyl sites for hydroxylation is 2. The number of nitrogens with two attached hydrogens (primary N) is 2. The molecular formula is C25H32Cl2F2K2N6O4. The second-order valence-electron chi connectivity index (χ2n) is 7.18. The molecule has 4 rings (SSSR count). The number of hydrogen-bond donors (Lipinski definition) is 3. The molecule has 2 aromatic carbocycles. The minimum atomic E-state index is -0.653. The topological polar surface area (TPSA) is 195 Å². The van der Waals surface area contributed by atoms with E-state index < -0.39 is 11.6 Å². The third-order valence-electron chi connectivity index (χ3n) is 4.28. The zero-order valence-electron chi connectivity index (χ0n) is 22.4. The summed E-state index contributed by atoms with van der Waals surface area (Å²) in [5.74, 6) is -1.74. The van der Waals surface area contributed by atoms with Crippen molar-refractivity contribution in [1.29, 1.82) is 0 Å². The van der Waals surface area contributed by atoms with Crippen LogP contribution in [0.15, 0.2) is 60.9 Å². The number of aromatic nitrogens is 4. The first kappa shape index (κ1) is 50.2. The van der Waals surface area contributed by atoms with Gasteiger partial charge in [-0.1, -0.05) is 67.1 Å². The maximum atomic E-state index is 12.8. The Bertz CT molecular complexity index is 1240. The summed E-state index contributed by atoms with van der Waals surface area (Å²) >= 11 is 5.25. The maximum Gasteiger partial charge on any atom is 1.00 e. The van der Waals surface area contributed by atoms with Crippen molar-refractivity contribution in [1.82, 2.24) is 19.9 Å². The van der Waals surface area contributed by atoms with Gasteiger partial charge in [0.05, 0.1) is 19.0 Å². The Hall–Kier alpha value is -0.407. The average molecular weight is 668 g/mol. The molecule has 0 saturated heterocycles. The molecule has 0 aliphatic heterocycles. The standard InChI is InChI=1S/C12H12FN3O.C8H10O.C4H3ClFN3.CH4.ClH.2K.2H2O/c1-8-2-4-9(5-3-8)7-17-12-15-6-10(13)11(14)16-12;1-7-2-4-8(6-9)5-3-7;5-4-8-1-2(6)3(7)9-4;;;;;;/h2-6H,7H2,1H3,(H2,14,15,16);2-5,9H,6H2,1H3;1H,(H2,7,8,9);1H4;1H;;;2*1H2/q;;;;;2*+1;;/p-2. The van der Waals surface area contributed by atoms with E-state index in [1.54, 1.807) is 0 Å². The molecule has 4 aromatic rings. The third kappa shape index (κ3) is 20.2. The van der Waals surface area contributed by atoms with E-state index in [2.05, 4.69) is 19.9 Å². The summed E-state index contributed by atoms with van der Waals surface area (Å²) < 4.78 is 30.3. The number of nitrogens with zero attached hydrogens (tertiary/aromatic N) is 4. The zero-order chi connectivity index (χ0) is 25.8. The van der Waals surface area contributed by atoms with Gasteiger partial charge < -0.3 is 44.7 Å². The molecule has 216 valence electrons. The van der Waals surface area contributed by atoms with Crippen molar-refractivity contribution >= 4 is 23.2 Å². The molecule has 10 nitrogen and oxygen atoms in total. The van der Waals surface area contributed by atoms with Gasteiger partial charge in [-0.05, 0) is 36.6 Å². The van der Waals surface area contributed by atoms with Crippen LogP contribution in [0, 0.1) is 25.5 Å². The molecule has 0 unspecified atom stereocenters. The molecule has 41 heavy (non-hydrogen) atoms. The van der Waals surface area contributed by atoms with Gasteiger partial charge in [-0.2, -0.15) is 9.97 Å². The summed E-state index contributed by atoms with van der Waals surface area (Å²) in [6.07, 6.45) is 1.91. The minimum absolute atomic E-state index is 0. The van der Waals surface area contributed by atoms with Gasteiger partial charge in [-0.3, -0.25) is 0 Å². The van der Waals surface area contributed by atoms with Crippen LogP contribution in [-0.2, 0) is 13.2 Å². The van der Waals surface area contributed by atoms with E-state index in [1.807, 2.05) is 62.4 Å². The van der Waals surface area contributed by atoms with E-state index in [0.29, 0.717) is 6.61 Å². The van der Waals surface area contributed by atoms with Gasteiger partial charge >= 0.3 is 109 Å². The quantitative estimate of drug-likeness (QED) is 0.141. The van der Waals surface area contributed by atoms with Crippen molar-refractivity contribution in [2.24, 2.45) is 0 Å². The maximum absolute atomic E-state index is 12.8. The number of aliphatic hydroxyl groups excluding tert-OH is 1. The first-order valence-corrected chi connectivity index (χ1v) is 10.6. The molecule has 0 amide bonds. The third-order valence-corrected chi connectivity index (χ3v) is 4.46. The second-order valence-corrected chi connectivity index (χ2v) is 7.51. The molecule has 0 saturated carbocycles. The Balaban J connectivity index is -0.000000157. The Morgan fingerprint density at radius 3 is 1.61 bits per heavy atom. The molecule has 8 N–H and O–H groups in total. The number of ether oxygens (including phenoxy) is 1. The molecule has 0 bridgehead atoms. The minimum Gasteiger partial charge on any atom is -1.00 e. The fourth-order valence-corrected chi connectivity index (χ4v) is 2.46. The summed E-state index contributed by atoms with van der Waals surface area (Å²) in [5, 5.41) is 8.58. The zero-order valence-corrected chi connectivity index (χ0v) is 30.2. The smallest absolute Gasteiger partial charge is 1.00 e. The number of benzene rings is 2. The van der Waals surface area contributed by atoms with E-state index >= 15 is 0 Å². The van der Waals surface area contributed by atoms with Crippen molar-refractivity contribution < 1.29 is 145 Å². The second kappa shape index (κ2) is 27.2.